The highest BCUT2D eigenvalue weighted by atomic mass is 19.1. The Morgan fingerprint density at radius 2 is 1.88 bits per heavy atom. The zero-order valence-corrected chi connectivity index (χ0v) is 13.5. The molecule has 25 heavy (non-hydrogen) atoms. The molecule has 0 spiro atoms. The van der Waals surface area contributed by atoms with Gasteiger partial charge in [-0.1, -0.05) is 23.4 Å². The molecule has 0 saturated carbocycles. The number of nitrogens with zero attached hydrogens (tertiary/aromatic N) is 2. The second-order valence-corrected chi connectivity index (χ2v) is 5.29. The fourth-order valence-corrected chi connectivity index (χ4v) is 2.11. The third kappa shape index (κ3) is 4.60. The minimum Gasteiger partial charge on any atom is -0.485 e. The summed E-state index contributed by atoms with van der Waals surface area (Å²) >= 11 is 0. The van der Waals surface area contributed by atoms with E-state index in [0.29, 0.717) is 23.0 Å². The quantitative estimate of drug-likeness (QED) is 0.502. The van der Waals surface area contributed by atoms with Crippen LogP contribution in [0.4, 0.5) is 4.39 Å². The monoisotopic (exact) mass is 338 g/mol. The van der Waals surface area contributed by atoms with Gasteiger partial charge in [0.2, 0.25) is 11.7 Å². The van der Waals surface area contributed by atoms with Gasteiger partial charge in [0.1, 0.15) is 11.6 Å². The lowest BCUT2D eigenvalue weighted by molar-refractivity contribution is 0.104. The molecule has 5 nitrogen and oxygen atoms in total. The van der Waals surface area contributed by atoms with Crippen LogP contribution >= 0.6 is 0 Å². The molecule has 6 heteroatoms. The first-order valence-corrected chi connectivity index (χ1v) is 7.60. The van der Waals surface area contributed by atoms with Gasteiger partial charge in [-0.3, -0.25) is 4.79 Å². The lowest BCUT2D eigenvalue weighted by Crippen LogP contribution is -1.97. The van der Waals surface area contributed by atoms with Crippen LogP contribution in [0, 0.1) is 12.7 Å². The number of carbonyl (C=O) groups is 1. The zero-order chi connectivity index (χ0) is 17.6. The van der Waals surface area contributed by atoms with E-state index in [2.05, 4.69) is 10.1 Å². The largest absolute Gasteiger partial charge is 0.485 e. The van der Waals surface area contributed by atoms with Crippen molar-refractivity contribution in [3.05, 3.63) is 83.3 Å². The summed E-state index contributed by atoms with van der Waals surface area (Å²) in [6.07, 6.45) is 3.14. The van der Waals surface area contributed by atoms with Crippen molar-refractivity contribution in [2.75, 3.05) is 0 Å². The molecular weight excluding hydrogens is 323 g/mol. The molecule has 3 aromatic rings. The summed E-state index contributed by atoms with van der Waals surface area (Å²) in [4.78, 5) is 16.1. The molecule has 0 N–H and O–H groups in total. The molecule has 0 aliphatic carbocycles. The minimum atomic E-state index is -0.368. The number of carbonyl (C=O) groups excluding carboxylic acids is 1. The molecule has 0 aliphatic rings. The van der Waals surface area contributed by atoms with Crippen molar-refractivity contribution in [1.29, 1.82) is 0 Å². The van der Waals surface area contributed by atoms with E-state index in [1.165, 1.54) is 30.3 Å². The van der Waals surface area contributed by atoms with Gasteiger partial charge < -0.3 is 9.26 Å². The number of ether oxygens (including phenoxy) is 1. The molecule has 126 valence electrons. The molecule has 0 atom stereocenters. The minimum absolute atomic E-state index is 0.187. The number of ketones is 1. The number of hydrogen-bond acceptors (Lipinski definition) is 5. The average molecular weight is 338 g/mol. The predicted molar refractivity (Wildman–Crippen MR) is 89.6 cm³/mol. The Labute approximate surface area is 143 Å². The maximum Gasteiger partial charge on any atom is 0.223 e. The normalized spacial score (nSPS) is 11.0. The molecule has 0 amide bonds. The molecule has 1 aromatic heterocycles. The number of benzene rings is 2. The molecule has 2 aromatic carbocycles. The van der Waals surface area contributed by atoms with Crippen LogP contribution in [-0.4, -0.2) is 15.9 Å². The first-order chi connectivity index (χ1) is 12.1. The van der Waals surface area contributed by atoms with Crippen molar-refractivity contribution in [3.63, 3.8) is 0 Å². The summed E-state index contributed by atoms with van der Waals surface area (Å²) in [7, 11) is 0. The molecule has 3 rings (SSSR count). The van der Waals surface area contributed by atoms with Gasteiger partial charge in [-0.2, -0.15) is 4.98 Å². The van der Waals surface area contributed by atoms with Crippen LogP contribution in [0.2, 0.25) is 0 Å². The molecule has 0 unspecified atom stereocenters. The van der Waals surface area contributed by atoms with Gasteiger partial charge in [-0.05, 0) is 48.0 Å². The third-order valence-corrected chi connectivity index (χ3v) is 3.37. The smallest absolute Gasteiger partial charge is 0.223 e. The predicted octanol–water partition coefficient (Wildman–Crippen LogP) is 3.99. The van der Waals surface area contributed by atoms with Crippen LogP contribution in [0.25, 0.3) is 6.08 Å². The maximum absolute atomic E-state index is 12.9. The van der Waals surface area contributed by atoms with Crippen LogP contribution in [0.5, 0.6) is 5.75 Å². The summed E-state index contributed by atoms with van der Waals surface area (Å²) in [5.74, 6) is 1.07. The van der Waals surface area contributed by atoms with Crippen molar-refractivity contribution in [3.8, 4) is 5.75 Å². The lowest BCUT2D eigenvalue weighted by Gasteiger charge is -2.03. The molecular formula is C19H15FN2O3. The number of aryl methyl sites for hydroxylation is 1. The van der Waals surface area contributed by atoms with Gasteiger partial charge in [0.05, 0.1) is 0 Å². The number of halogens is 1. The molecule has 1 heterocycles. The van der Waals surface area contributed by atoms with E-state index in [9.17, 15) is 9.18 Å². The highest BCUT2D eigenvalue weighted by molar-refractivity contribution is 6.06. The van der Waals surface area contributed by atoms with Crippen molar-refractivity contribution >= 4 is 11.9 Å². The topological polar surface area (TPSA) is 65.2 Å². The van der Waals surface area contributed by atoms with Gasteiger partial charge >= 0.3 is 0 Å². The summed E-state index contributed by atoms with van der Waals surface area (Å²) in [6, 6.07) is 12.7. The van der Waals surface area contributed by atoms with Crippen LogP contribution < -0.4 is 4.74 Å². The van der Waals surface area contributed by atoms with Crippen molar-refractivity contribution < 1.29 is 18.4 Å². The fourth-order valence-electron chi connectivity index (χ4n) is 2.11. The fraction of sp³-hybridized carbons (Fsp3) is 0.105. The number of allylic oxidation sites excluding steroid dienone is 1. The van der Waals surface area contributed by atoms with Crippen molar-refractivity contribution in [2.45, 2.75) is 13.5 Å². The van der Waals surface area contributed by atoms with E-state index in [1.807, 2.05) is 12.1 Å². The zero-order valence-electron chi connectivity index (χ0n) is 13.5. The van der Waals surface area contributed by atoms with Crippen molar-refractivity contribution in [1.82, 2.24) is 10.1 Å². The van der Waals surface area contributed by atoms with E-state index >= 15 is 0 Å². The van der Waals surface area contributed by atoms with E-state index in [0.717, 1.165) is 5.56 Å². The first kappa shape index (κ1) is 16.6. The Balaban J connectivity index is 1.58. The van der Waals surface area contributed by atoms with E-state index in [-0.39, 0.29) is 18.2 Å². The van der Waals surface area contributed by atoms with Gasteiger partial charge in [-0.25, -0.2) is 4.39 Å². The lowest BCUT2D eigenvalue weighted by atomic mass is 10.1. The highest BCUT2D eigenvalue weighted by Crippen LogP contribution is 2.15. The van der Waals surface area contributed by atoms with Crippen molar-refractivity contribution in [2.24, 2.45) is 0 Å². The van der Waals surface area contributed by atoms with Crippen LogP contribution in [0.3, 0.4) is 0 Å². The van der Waals surface area contributed by atoms with Gasteiger partial charge in [0.25, 0.3) is 0 Å². The Morgan fingerprint density at radius 1 is 1.16 bits per heavy atom. The molecule has 0 aliphatic heterocycles. The Hall–Kier alpha value is -3.28. The summed E-state index contributed by atoms with van der Waals surface area (Å²) < 4.78 is 23.3. The van der Waals surface area contributed by atoms with Crippen LogP contribution in [-0.2, 0) is 6.61 Å². The second-order valence-electron chi connectivity index (χ2n) is 5.29. The summed E-state index contributed by atoms with van der Waals surface area (Å²) in [5.41, 5.74) is 1.28. The first-order valence-electron chi connectivity index (χ1n) is 7.60. The SMILES string of the molecule is Cc1nc(COc2ccc(/C=C/C(=O)c3ccc(F)cc3)cc2)no1. The van der Waals surface area contributed by atoms with Gasteiger partial charge in [-0.15, -0.1) is 0 Å². The van der Waals surface area contributed by atoms with E-state index < -0.39 is 0 Å². The summed E-state index contributed by atoms with van der Waals surface area (Å²) in [5, 5.41) is 3.75. The third-order valence-electron chi connectivity index (χ3n) is 3.37. The van der Waals surface area contributed by atoms with Gasteiger partial charge in [0.15, 0.2) is 12.4 Å². The Morgan fingerprint density at radius 3 is 2.52 bits per heavy atom. The Bertz CT molecular complexity index is 884. The van der Waals surface area contributed by atoms with Crippen LogP contribution in [0.1, 0.15) is 27.6 Å². The standard InChI is InChI=1S/C19H15FN2O3/c1-13-21-19(22-25-13)12-24-17-9-2-14(3-10-17)4-11-18(23)15-5-7-16(20)8-6-15/h2-11H,12H2,1H3/b11-4+. The molecule has 0 bridgehead atoms. The highest BCUT2D eigenvalue weighted by Gasteiger charge is 2.04. The Kier molecular flexibility index (Phi) is 4.99. The van der Waals surface area contributed by atoms with Gasteiger partial charge in [0, 0.05) is 12.5 Å². The number of hydrogen-bond donors (Lipinski definition) is 0. The molecule has 0 saturated heterocycles. The average Bonchev–Trinajstić information content (AvgIpc) is 3.05. The molecule has 0 radical (unpaired) electrons. The number of rotatable bonds is 6. The van der Waals surface area contributed by atoms with Crippen LogP contribution in [0.15, 0.2) is 59.1 Å². The van der Waals surface area contributed by atoms with E-state index in [1.54, 1.807) is 25.1 Å². The summed E-state index contributed by atoms with van der Waals surface area (Å²) in [6.45, 7) is 1.93. The maximum atomic E-state index is 12.9. The van der Waals surface area contributed by atoms with E-state index in [4.69, 9.17) is 9.26 Å². The number of aromatic nitrogens is 2. The second kappa shape index (κ2) is 7.53. The molecule has 0 fully saturated rings.